The number of aliphatic hydroxyl groups excluding tert-OH is 1. The summed E-state index contributed by atoms with van der Waals surface area (Å²) in [6.07, 6.45) is 6.43. The van der Waals surface area contributed by atoms with E-state index < -0.39 is 89.9 Å². The lowest BCUT2D eigenvalue weighted by molar-refractivity contribution is -0.154. The number of ether oxygens (including phenoxy) is 5. The fourth-order valence-electron chi connectivity index (χ4n) is 9.82. The minimum absolute atomic E-state index is 0.112. The van der Waals surface area contributed by atoms with E-state index in [1.165, 1.54) is 110 Å². The Kier molecular flexibility index (Phi) is 20.4. The second-order valence-corrected chi connectivity index (χ2v) is 22.4. The number of morpholine rings is 2. The predicted octanol–water partition coefficient (Wildman–Crippen LogP) is 2.44. The van der Waals surface area contributed by atoms with E-state index in [-0.39, 0.29) is 41.5 Å². The number of amides is 1. The van der Waals surface area contributed by atoms with Crippen LogP contribution < -0.4 is 16.4 Å². The number of guanidine groups is 1. The van der Waals surface area contributed by atoms with Crippen LogP contribution in [0.1, 0.15) is 90.5 Å². The molecular formula is C45H68F2N14O15P2. The highest BCUT2D eigenvalue weighted by atomic mass is 31.2. The summed E-state index contributed by atoms with van der Waals surface area (Å²) in [5, 5.41) is 16.5. The molecule has 0 bridgehead atoms. The number of phosphoric acid groups is 1. The zero-order chi connectivity index (χ0) is 55.6. The summed E-state index contributed by atoms with van der Waals surface area (Å²) in [6.45, 7) is 5.80. The first-order valence-electron chi connectivity index (χ1n) is 25.9. The number of aliphatic imine (C=N–C) groups is 1. The molecule has 8 heterocycles. The molecule has 78 heavy (non-hydrogen) atoms. The predicted molar refractivity (Wildman–Crippen MR) is 271 cm³/mol. The zero-order valence-electron chi connectivity index (χ0n) is 43.2. The van der Waals surface area contributed by atoms with Crippen molar-refractivity contribution in [3.05, 3.63) is 25.3 Å². The maximum atomic E-state index is 14.8. The topological polar surface area (TPSA) is 370 Å². The van der Waals surface area contributed by atoms with Crippen molar-refractivity contribution < 1.29 is 80.0 Å². The second-order valence-electron chi connectivity index (χ2n) is 19.4. The van der Waals surface area contributed by atoms with Crippen molar-refractivity contribution in [1.82, 2.24) is 53.9 Å². The van der Waals surface area contributed by atoms with Crippen LogP contribution in [0.2, 0.25) is 0 Å². The van der Waals surface area contributed by atoms with Crippen LogP contribution in [0.4, 0.5) is 20.4 Å². The third-order valence-electron chi connectivity index (χ3n) is 13.7. The first-order valence-corrected chi connectivity index (χ1v) is 28.9. The molecule has 4 aromatic rings. The molecule has 4 aromatic heterocycles. The first kappa shape index (κ1) is 59.1. The summed E-state index contributed by atoms with van der Waals surface area (Å²) in [4.78, 5) is 82.0. The van der Waals surface area contributed by atoms with E-state index in [4.69, 9.17) is 48.7 Å². The normalized spacial score (nSPS) is 27.6. The summed E-state index contributed by atoms with van der Waals surface area (Å²) >= 11 is 0. The van der Waals surface area contributed by atoms with E-state index in [9.17, 15) is 37.5 Å². The van der Waals surface area contributed by atoms with Gasteiger partial charge in [-0.15, -0.1) is 0 Å². The third-order valence-corrected chi connectivity index (χ3v) is 15.8. The fraction of sp³-hybridized carbons (Fsp3) is 0.711. The number of aliphatic hydroxyl groups is 1. The van der Waals surface area contributed by atoms with Gasteiger partial charge in [-0.25, -0.2) is 57.5 Å². The van der Waals surface area contributed by atoms with Crippen molar-refractivity contribution >= 4 is 67.4 Å². The summed E-state index contributed by atoms with van der Waals surface area (Å²) in [5.74, 6) is 0.243. The third kappa shape index (κ3) is 15.3. The van der Waals surface area contributed by atoms with E-state index >= 15 is 0 Å². The van der Waals surface area contributed by atoms with Crippen molar-refractivity contribution in [2.75, 3.05) is 76.9 Å². The Labute approximate surface area is 446 Å². The van der Waals surface area contributed by atoms with Gasteiger partial charge >= 0.3 is 21.5 Å². The van der Waals surface area contributed by atoms with E-state index in [2.05, 4.69) is 50.0 Å². The number of carbonyl (C=O) groups is 2. The number of nitrogens with zero attached hydrogens (tertiary/aromatic N) is 11. The second kappa shape index (κ2) is 27.0. The van der Waals surface area contributed by atoms with Crippen molar-refractivity contribution in [2.45, 2.75) is 139 Å². The highest BCUT2D eigenvalue weighted by Crippen LogP contribution is 2.48. The zero-order valence-corrected chi connectivity index (χ0v) is 44.9. The lowest BCUT2D eigenvalue weighted by Gasteiger charge is -2.34. The molecule has 432 valence electrons. The van der Waals surface area contributed by atoms with Gasteiger partial charge in [-0.1, -0.05) is 38.5 Å². The molecule has 2 saturated carbocycles. The van der Waals surface area contributed by atoms with Gasteiger partial charge < -0.3 is 64.7 Å². The lowest BCUT2D eigenvalue weighted by Crippen LogP contribution is -2.51. The molecule has 4 aliphatic heterocycles. The molecule has 1 amide bonds. The average molecular weight is 1150 g/mol. The summed E-state index contributed by atoms with van der Waals surface area (Å²) < 4.78 is 92.6. The number of nitrogens with one attached hydrogen (secondary N) is 2. The summed E-state index contributed by atoms with van der Waals surface area (Å²) in [5.41, 5.74) is 6.62. The Morgan fingerprint density at radius 1 is 0.756 bits per heavy atom. The van der Waals surface area contributed by atoms with E-state index in [1.54, 1.807) is 0 Å². The van der Waals surface area contributed by atoms with Crippen LogP contribution in [-0.2, 0) is 51.5 Å². The number of imidazole rings is 2. The number of anilines is 2. The van der Waals surface area contributed by atoms with Crippen molar-refractivity contribution in [2.24, 2.45) is 4.99 Å². The molecule has 0 aromatic carbocycles. The van der Waals surface area contributed by atoms with Crippen LogP contribution in [-0.4, -0.2) is 201 Å². The number of hydrogen-bond acceptors (Lipinski definition) is 20. The van der Waals surface area contributed by atoms with Gasteiger partial charge in [-0.2, -0.15) is 0 Å². The Morgan fingerprint density at radius 2 is 1.32 bits per heavy atom. The van der Waals surface area contributed by atoms with Gasteiger partial charge in [0.1, 0.15) is 36.5 Å². The van der Waals surface area contributed by atoms with Gasteiger partial charge in [0.25, 0.3) is 0 Å². The molecule has 9 atom stereocenters. The van der Waals surface area contributed by atoms with Crippen molar-refractivity contribution in [1.29, 1.82) is 0 Å². The molecule has 10 rings (SSSR count). The lowest BCUT2D eigenvalue weighted by atomic mass is 9.95. The number of esters is 1. The van der Waals surface area contributed by atoms with Crippen LogP contribution in [0, 0.1) is 0 Å². The monoisotopic (exact) mass is 1140 g/mol. The molecule has 33 heteroatoms. The summed E-state index contributed by atoms with van der Waals surface area (Å²) in [6, 6.07) is 1.19. The van der Waals surface area contributed by atoms with Crippen LogP contribution in [0.25, 0.3) is 22.3 Å². The van der Waals surface area contributed by atoms with Gasteiger partial charge in [0, 0.05) is 46.1 Å². The van der Waals surface area contributed by atoms with E-state index in [0.29, 0.717) is 30.8 Å². The number of hydrogen-bond donors (Lipinski definition) is 7. The molecule has 4 saturated heterocycles. The fourth-order valence-corrected chi connectivity index (χ4v) is 11.3. The minimum atomic E-state index is -4.87. The number of alkyl halides is 2. The van der Waals surface area contributed by atoms with Crippen molar-refractivity contribution in [3.8, 4) is 0 Å². The standard InChI is InChI=1S/C17H31N3O.C14H20FN6O6P.C14H17FN5O8P/c1-3-7-15(8-4-1)18-17(20-11-13-21-14-12-20)19-16-9-5-2-6-10-16;15-9-8(5-26-28(23,24)20-1-3-25-4-2-20)27-14(11(9)22)21-7-19-10-12(16)17-6-18-13(10)21;1-6(21)19-12-10-13(17-4-16-12)20(5-18-10)14-11(27-7(2)22)9(15)8(28-14)3-26-29(23,24)25/h15-16H,1-14H2,(H,18,19);6-9,11,14,22H,1-5H2,(H,23,24)(H2,16,17,18);4-5,8-9,11,14H,3H2,1-2H3,(H2,23,24,25)(H,16,17,19,21)/t;2*8-,9+,11?,14-/m.11/s1. The number of halogens is 2. The molecule has 29 nitrogen and oxygen atoms in total. The Hall–Kier alpha value is -5.01. The molecule has 2 aliphatic carbocycles. The van der Waals surface area contributed by atoms with Crippen molar-refractivity contribution in [3.63, 3.8) is 0 Å². The van der Waals surface area contributed by atoms with Gasteiger partial charge in [0.05, 0.1) is 58.3 Å². The first-order chi connectivity index (χ1) is 37.4. The highest BCUT2D eigenvalue weighted by molar-refractivity contribution is 7.50. The molecule has 6 fully saturated rings. The average Bonchev–Trinajstić information content (AvgIpc) is 4.28. The number of nitrogen functional groups attached to an aromatic ring is 1. The van der Waals surface area contributed by atoms with Crippen LogP contribution >= 0.6 is 15.6 Å². The maximum absolute atomic E-state index is 14.8. The quantitative estimate of drug-likeness (QED) is 0.0437. The Bertz CT molecular complexity index is 2760. The van der Waals surface area contributed by atoms with Gasteiger partial charge in [-0.3, -0.25) is 27.8 Å². The maximum Gasteiger partial charge on any atom is 0.469 e. The number of nitrogens with two attached hydrogens (primary N) is 1. The smallest absolute Gasteiger partial charge is 0.454 e. The minimum Gasteiger partial charge on any atom is -0.454 e. The van der Waals surface area contributed by atoms with Crippen LogP contribution in [0.3, 0.4) is 0 Å². The molecule has 0 radical (unpaired) electrons. The van der Waals surface area contributed by atoms with E-state index in [0.717, 1.165) is 39.6 Å². The Balaban J connectivity index is 0.000000156. The van der Waals surface area contributed by atoms with Crippen LogP contribution in [0.5, 0.6) is 0 Å². The highest BCUT2D eigenvalue weighted by Gasteiger charge is 2.50. The Morgan fingerprint density at radius 3 is 1.96 bits per heavy atom. The number of rotatable bonds is 13. The number of carbonyl (C=O) groups excluding carboxylic acids is 2. The molecule has 8 N–H and O–H groups in total. The SMILES string of the molecule is C1CCC(N=C(NC2CCCCC2)N2CCOCC2)CC1.CC(=O)Nc1ncnc2c1ncn2[C@@H]1O[C@H](COP(=O)(O)O)[C@H](F)C1OC(C)=O.Nc1ncnc2c1ncn2[C@@H]1O[C@H](COP(=O)(O)N2CCOCC2)[C@H](F)C1O. The largest absolute Gasteiger partial charge is 0.469 e. The number of aromatic nitrogens is 8. The molecule has 3 unspecified atom stereocenters. The van der Waals surface area contributed by atoms with E-state index in [1.807, 2.05) is 0 Å². The van der Waals surface area contributed by atoms with Crippen LogP contribution in [0.15, 0.2) is 30.3 Å². The van der Waals surface area contributed by atoms with Gasteiger partial charge in [0.2, 0.25) is 5.91 Å². The molecule has 6 aliphatic rings. The van der Waals surface area contributed by atoms with Gasteiger partial charge in [0.15, 0.2) is 65.3 Å². The molecular weight excluding hydrogens is 1080 g/mol. The number of phosphoric ester groups is 1. The number of fused-ring (bicyclic) bond motifs is 2. The molecule has 0 spiro atoms. The van der Waals surface area contributed by atoms with Gasteiger partial charge in [-0.05, 0) is 25.7 Å². The summed E-state index contributed by atoms with van der Waals surface area (Å²) in [7, 11) is -8.99.